The van der Waals surface area contributed by atoms with Crippen LogP contribution in [0.5, 0.6) is 0 Å². The minimum Gasteiger partial charge on any atom is -0.378 e. The van der Waals surface area contributed by atoms with Crippen molar-refractivity contribution in [3.05, 3.63) is 41.7 Å². The van der Waals surface area contributed by atoms with Crippen LogP contribution in [-0.4, -0.2) is 61.0 Å². The van der Waals surface area contributed by atoms with Crippen LogP contribution in [0.25, 0.3) is 6.08 Å². The van der Waals surface area contributed by atoms with Gasteiger partial charge in [0, 0.05) is 32.3 Å². The second-order valence-corrected chi connectivity index (χ2v) is 6.45. The van der Waals surface area contributed by atoms with E-state index in [9.17, 15) is 14.0 Å². The topological polar surface area (TPSA) is 49.9 Å². The van der Waals surface area contributed by atoms with E-state index in [4.69, 9.17) is 4.74 Å². The second kappa shape index (κ2) is 8.25. The summed E-state index contributed by atoms with van der Waals surface area (Å²) in [5.74, 6) is -0.485. The molecular weight excluding hydrogens is 323 g/mol. The second-order valence-electron chi connectivity index (χ2n) is 6.45. The monoisotopic (exact) mass is 346 g/mol. The number of hydrogen-bond acceptors (Lipinski definition) is 3. The van der Waals surface area contributed by atoms with E-state index >= 15 is 0 Å². The zero-order valence-electron chi connectivity index (χ0n) is 14.2. The highest BCUT2D eigenvalue weighted by Crippen LogP contribution is 2.20. The van der Waals surface area contributed by atoms with Gasteiger partial charge in [0.15, 0.2) is 0 Å². The standard InChI is InChI=1S/C19H23FN2O3/c20-17-5-1-3-15(13-17)6-7-18(23)22-8-2-4-16(14-22)19(24)21-9-11-25-12-10-21/h1,3,5-7,13,16H,2,4,8-12,14H2/b7-6+. The van der Waals surface area contributed by atoms with Gasteiger partial charge in [0.25, 0.3) is 0 Å². The normalized spacial score (nSPS) is 21.6. The number of ether oxygens (including phenoxy) is 1. The van der Waals surface area contributed by atoms with Gasteiger partial charge in [0.05, 0.1) is 19.1 Å². The van der Waals surface area contributed by atoms with Crippen LogP contribution in [0.15, 0.2) is 30.3 Å². The van der Waals surface area contributed by atoms with Gasteiger partial charge < -0.3 is 14.5 Å². The highest BCUT2D eigenvalue weighted by atomic mass is 19.1. The summed E-state index contributed by atoms with van der Waals surface area (Å²) >= 11 is 0. The number of morpholine rings is 1. The summed E-state index contributed by atoms with van der Waals surface area (Å²) in [6, 6.07) is 6.10. The molecule has 6 heteroatoms. The summed E-state index contributed by atoms with van der Waals surface area (Å²) in [7, 11) is 0. The Labute approximate surface area is 147 Å². The van der Waals surface area contributed by atoms with Crippen LogP contribution in [0.2, 0.25) is 0 Å². The zero-order chi connectivity index (χ0) is 17.6. The molecule has 1 aromatic rings. The smallest absolute Gasteiger partial charge is 0.246 e. The molecule has 2 aliphatic rings. The lowest BCUT2D eigenvalue weighted by atomic mass is 9.96. The van der Waals surface area contributed by atoms with Gasteiger partial charge in [-0.15, -0.1) is 0 Å². The van der Waals surface area contributed by atoms with Crippen molar-refractivity contribution in [1.29, 1.82) is 0 Å². The quantitative estimate of drug-likeness (QED) is 0.786. The summed E-state index contributed by atoms with van der Waals surface area (Å²) in [4.78, 5) is 28.6. The number of amides is 2. The van der Waals surface area contributed by atoms with Crippen molar-refractivity contribution in [2.24, 2.45) is 5.92 Å². The van der Waals surface area contributed by atoms with Gasteiger partial charge in [-0.3, -0.25) is 9.59 Å². The largest absolute Gasteiger partial charge is 0.378 e. The number of likely N-dealkylation sites (tertiary alicyclic amines) is 1. The molecule has 1 aromatic carbocycles. The van der Waals surface area contributed by atoms with E-state index in [1.54, 1.807) is 23.1 Å². The van der Waals surface area contributed by atoms with Crippen molar-refractivity contribution >= 4 is 17.9 Å². The van der Waals surface area contributed by atoms with Gasteiger partial charge in [-0.05, 0) is 36.6 Å². The number of hydrogen-bond donors (Lipinski definition) is 0. The molecular formula is C19H23FN2O3. The summed E-state index contributed by atoms with van der Waals surface area (Å²) < 4.78 is 18.5. The highest BCUT2D eigenvalue weighted by molar-refractivity contribution is 5.92. The predicted octanol–water partition coefficient (Wildman–Crippen LogP) is 1.94. The third-order valence-electron chi connectivity index (χ3n) is 4.67. The number of carbonyl (C=O) groups is 2. The molecule has 3 rings (SSSR count). The summed E-state index contributed by atoms with van der Waals surface area (Å²) in [5.41, 5.74) is 0.645. The van der Waals surface area contributed by atoms with E-state index in [1.807, 2.05) is 4.90 Å². The van der Waals surface area contributed by atoms with Crippen molar-refractivity contribution in [1.82, 2.24) is 9.80 Å². The molecule has 0 N–H and O–H groups in total. The van der Waals surface area contributed by atoms with Crippen molar-refractivity contribution in [3.63, 3.8) is 0 Å². The minimum atomic E-state index is -0.330. The molecule has 25 heavy (non-hydrogen) atoms. The van der Waals surface area contributed by atoms with Gasteiger partial charge >= 0.3 is 0 Å². The maximum Gasteiger partial charge on any atom is 0.246 e. The van der Waals surface area contributed by atoms with Crippen LogP contribution in [-0.2, 0) is 14.3 Å². The number of benzene rings is 1. The Kier molecular flexibility index (Phi) is 5.81. The van der Waals surface area contributed by atoms with Crippen LogP contribution in [0.3, 0.4) is 0 Å². The van der Waals surface area contributed by atoms with Crippen LogP contribution in [0, 0.1) is 11.7 Å². The molecule has 134 valence electrons. The lowest BCUT2D eigenvalue weighted by Gasteiger charge is -2.35. The summed E-state index contributed by atoms with van der Waals surface area (Å²) in [6.07, 6.45) is 4.70. The Balaban J connectivity index is 1.58. The fraction of sp³-hybridized carbons (Fsp3) is 0.474. The van der Waals surface area contributed by atoms with Crippen LogP contribution in [0.4, 0.5) is 4.39 Å². The average Bonchev–Trinajstić information content (AvgIpc) is 2.66. The van der Waals surface area contributed by atoms with Crippen molar-refractivity contribution in [2.75, 3.05) is 39.4 Å². The Morgan fingerprint density at radius 1 is 1.16 bits per heavy atom. The van der Waals surface area contributed by atoms with Crippen molar-refractivity contribution in [2.45, 2.75) is 12.8 Å². The Bertz CT molecular complexity index is 656. The van der Waals surface area contributed by atoms with Gasteiger partial charge in [-0.25, -0.2) is 4.39 Å². The van der Waals surface area contributed by atoms with Crippen molar-refractivity contribution < 1.29 is 18.7 Å². The first kappa shape index (κ1) is 17.6. The van der Waals surface area contributed by atoms with Crippen LogP contribution < -0.4 is 0 Å². The molecule has 1 atom stereocenters. The molecule has 0 bridgehead atoms. The molecule has 2 fully saturated rings. The number of rotatable bonds is 3. The molecule has 0 aromatic heterocycles. The molecule has 2 heterocycles. The predicted molar refractivity (Wildman–Crippen MR) is 92.1 cm³/mol. The Morgan fingerprint density at radius 2 is 1.96 bits per heavy atom. The fourth-order valence-corrected chi connectivity index (χ4v) is 3.30. The number of halogens is 1. The molecule has 0 spiro atoms. The average molecular weight is 346 g/mol. The van der Waals surface area contributed by atoms with E-state index in [0.29, 0.717) is 45.0 Å². The first-order valence-electron chi connectivity index (χ1n) is 8.72. The number of carbonyl (C=O) groups excluding carboxylic acids is 2. The van der Waals surface area contributed by atoms with E-state index in [-0.39, 0.29) is 23.5 Å². The van der Waals surface area contributed by atoms with E-state index < -0.39 is 0 Å². The van der Waals surface area contributed by atoms with E-state index in [0.717, 1.165) is 12.8 Å². The zero-order valence-corrected chi connectivity index (χ0v) is 14.2. The van der Waals surface area contributed by atoms with Gasteiger partial charge in [-0.1, -0.05) is 12.1 Å². The highest BCUT2D eigenvalue weighted by Gasteiger charge is 2.31. The third-order valence-corrected chi connectivity index (χ3v) is 4.67. The summed E-state index contributed by atoms with van der Waals surface area (Å²) in [5, 5.41) is 0. The maximum absolute atomic E-state index is 13.2. The van der Waals surface area contributed by atoms with Gasteiger partial charge in [0.2, 0.25) is 11.8 Å². The third kappa shape index (κ3) is 4.66. The van der Waals surface area contributed by atoms with Gasteiger partial charge in [0.1, 0.15) is 5.82 Å². The first-order chi connectivity index (χ1) is 12.1. The van der Waals surface area contributed by atoms with E-state index in [1.165, 1.54) is 18.2 Å². The first-order valence-corrected chi connectivity index (χ1v) is 8.72. The molecule has 5 nitrogen and oxygen atoms in total. The molecule has 2 saturated heterocycles. The molecule has 0 saturated carbocycles. The fourth-order valence-electron chi connectivity index (χ4n) is 3.30. The number of nitrogens with zero attached hydrogens (tertiary/aromatic N) is 2. The van der Waals surface area contributed by atoms with Crippen molar-refractivity contribution in [3.8, 4) is 0 Å². The molecule has 0 radical (unpaired) electrons. The molecule has 1 unspecified atom stereocenters. The van der Waals surface area contributed by atoms with E-state index in [2.05, 4.69) is 0 Å². The lowest BCUT2D eigenvalue weighted by molar-refractivity contribution is -0.143. The Hall–Kier alpha value is -2.21. The summed E-state index contributed by atoms with van der Waals surface area (Å²) in [6.45, 7) is 3.52. The van der Waals surface area contributed by atoms with Gasteiger partial charge in [-0.2, -0.15) is 0 Å². The number of piperidine rings is 1. The van der Waals surface area contributed by atoms with Crippen LogP contribution >= 0.6 is 0 Å². The minimum absolute atomic E-state index is 0.120. The molecule has 2 amide bonds. The Morgan fingerprint density at radius 3 is 2.72 bits per heavy atom. The molecule has 2 aliphatic heterocycles. The SMILES string of the molecule is O=C(/C=C/c1cccc(F)c1)N1CCCC(C(=O)N2CCOCC2)C1. The molecule has 0 aliphatic carbocycles. The lowest BCUT2D eigenvalue weighted by Crippen LogP contribution is -2.49. The maximum atomic E-state index is 13.2. The van der Waals surface area contributed by atoms with Crippen LogP contribution in [0.1, 0.15) is 18.4 Å².